The standard InChI is InChI=1S/C13H16N2O3/c14-8-1-4-11(13(16)17)12(5-8)15-6-9-2-3-10(7-15)18-9/h1,4-5,9-10H,2-3,6-7,14H2,(H,16,17). The molecule has 18 heavy (non-hydrogen) atoms. The Morgan fingerprint density at radius 1 is 1.33 bits per heavy atom. The molecule has 0 aromatic heterocycles. The summed E-state index contributed by atoms with van der Waals surface area (Å²) in [7, 11) is 0. The third-order valence-corrected chi connectivity index (χ3v) is 3.64. The van der Waals surface area contributed by atoms with Crippen LogP contribution in [0.15, 0.2) is 18.2 Å². The van der Waals surface area contributed by atoms with Gasteiger partial charge in [0.15, 0.2) is 0 Å². The number of benzene rings is 1. The molecule has 0 saturated carbocycles. The molecule has 1 aromatic carbocycles. The molecular formula is C13H16N2O3. The summed E-state index contributed by atoms with van der Waals surface area (Å²) in [6.45, 7) is 1.50. The molecule has 2 unspecified atom stereocenters. The van der Waals surface area contributed by atoms with Crippen molar-refractivity contribution in [3.63, 3.8) is 0 Å². The number of carbonyl (C=O) groups is 1. The summed E-state index contributed by atoms with van der Waals surface area (Å²) < 4.78 is 5.76. The van der Waals surface area contributed by atoms with Gasteiger partial charge in [0.2, 0.25) is 0 Å². The molecule has 0 amide bonds. The maximum absolute atomic E-state index is 11.3. The van der Waals surface area contributed by atoms with Gasteiger partial charge in [-0.2, -0.15) is 0 Å². The number of anilines is 2. The van der Waals surface area contributed by atoms with E-state index in [9.17, 15) is 9.90 Å². The minimum atomic E-state index is -0.913. The Labute approximate surface area is 105 Å². The highest BCUT2D eigenvalue weighted by Gasteiger charge is 2.34. The highest BCUT2D eigenvalue weighted by Crippen LogP contribution is 2.32. The van der Waals surface area contributed by atoms with E-state index in [1.807, 2.05) is 0 Å². The van der Waals surface area contributed by atoms with Gasteiger partial charge in [0.25, 0.3) is 0 Å². The number of morpholine rings is 1. The lowest BCUT2D eigenvalue weighted by Gasteiger charge is -2.34. The Bertz CT molecular complexity index is 477. The molecule has 2 aliphatic heterocycles. The first kappa shape index (κ1) is 11.3. The Morgan fingerprint density at radius 2 is 2.00 bits per heavy atom. The highest BCUT2D eigenvalue weighted by molar-refractivity contribution is 5.95. The van der Waals surface area contributed by atoms with E-state index in [1.165, 1.54) is 0 Å². The molecule has 2 atom stereocenters. The molecule has 2 fully saturated rings. The number of hydrogen-bond acceptors (Lipinski definition) is 4. The van der Waals surface area contributed by atoms with Gasteiger partial charge >= 0.3 is 5.97 Å². The van der Waals surface area contributed by atoms with E-state index >= 15 is 0 Å². The molecule has 2 saturated heterocycles. The van der Waals surface area contributed by atoms with Crippen LogP contribution in [0.4, 0.5) is 11.4 Å². The van der Waals surface area contributed by atoms with Gasteiger partial charge < -0.3 is 20.5 Å². The predicted molar refractivity (Wildman–Crippen MR) is 67.9 cm³/mol. The van der Waals surface area contributed by atoms with Crippen molar-refractivity contribution in [1.29, 1.82) is 0 Å². The number of rotatable bonds is 2. The van der Waals surface area contributed by atoms with Crippen molar-refractivity contribution in [1.82, 2.24) is 0 Å². The molecule has 0 aliphatic carbocycles. The summed E-state index contributed by atoms with van der Waals surface area (Å²) in [6.07, 6.45) is 2.58. The molecule has 3 N–H and O–H groups in total. The van der Waals surface area contributed by atoms with Crippen molar-refractivity contribution < 1.29 is 14.6 Å². The van der Waals surface area contributed by atoms with E-state index in [2.05, 4.69) is 4.90 Å². The molecule has 0 spiro atoms. The summed E-state index contributed by atoms with van der Waals surface area (Å²) in [6, 6.07) is 4.95. The number of nitrogens with two attached hydrogens (primary N) is 1. The first-order valence-corrected chi connectivity index (χ1v) is 6.16. The molecule has 0 radical (unpaired) electrons. The summed E-state index contributed by atoms with van der Waals surface area (Å²) in [5.41, 5.74) is 7.38. The zero-order valence-corrected chi connectivity index (χ0v) is 10.0. The van der Waals surface area contributed by atoms with E-state index in [0.717, 1.165) is 25.9 Å². The van der Waals surface area contributed by atoms with Gasteiger partial charge in [0, 0.05) is 18.8 Å². The molecule has 2 aliphatic rings. The second-order valence-corrected chi connectivity index (χ2v) is 4.94. The van der Waals surface area contributed by atoms with Crippen molar-refractivity contribution >= 4 is 17.3 Å². The first-order valence-electron chi connectivity index (χ1n) is 6.16. The SMILES string of the molecule is Nc1ccc(C(=O)O)c(N2CC3CCC(C2)O3)c1. The third kappa shape index (κ3) is 1.90. The van der Waals surface area contributed by atoms with E-state index < -0.39 is 5.97 Å². The van der Waals surface area contributed by atoms with Crippen molar-refractivity contribution in [2.75, 3.05) is 23.7 Å². The average molecular weight is 248 g/mol. The summed E-state index contributed by atoms with van der Waals surface area (Å²) in [5.74, 6) is -0.913. The number of carboxylic acid groups (broad SMARTS) is 1. The van der Waals surface area contributed by atoms with Gasteiger partial charge in [-0.25, -0.2) is 4.79 Å². The maximum atomic E-state index is 11.3. The van der Waals surface area contributed by atoms with Crippen LogP contribution in [-0.4, -0.2) is 36.4 Å². The van der Waals surface area contributed by atoms with Crippen LogP contribution in [0.3, 0.4) is 0 Å². The van der Waals surface area contributed by atoms with Crippen LogP contribution in [0.2, 0.25) is 0 Å². The topological polar surface area (TPSA) is 75.8 Å². The fourth-order valence-corrected chi connectivity index (χ4v) is 2.80. The quantitative estimate of drug-likeness (QED) is 0.772. The van der Waals surface area contributed by atoms with Crippen molar-refractivity contribution in [3.05, 3.63) is 23.8 Å². The van der Waals surface area contributed by atoms with E-state index in [0.29, 0.717) is 16.9 Å². The number of ether oxygens (including phenoxy) is 1. The van der Waals surface area contributed by atoms with Gasteiger partial charge in [-0.15, -0.1) is 0 Å². The van der Waals surface area contributed by atoms with Crippen LogP contribution in [0, 0.1) is 0 Å². The number of fused-ring (bicyclic) bond motifs is 2. The van der Waals surface area contributed by atoms with Gasteiger partial charge in [-0.1, -0.05) is 0 Å². The number of nitrogen functional groups attached to an aromatic ring is 1. The van der Waals surface area contributed by atoms with Gasteiger partial charge in [-0.05, 0) is 31.0 Å². The van der Waals surface area contributed by atoms with Crippen molar-refractivity contribution in [3.8, 4) is 0 Å². The fraction of sp³-hybridized carbons (Fsp3) is 0.462. The molecule has 2 bridgehead atoms. The second kappa shape index (κ2) is 4.17. The number of hydrogen-bond donors (Lipinski definition) is 2. The van der Waals surface area contributed by atoms with Crippen molar-refractivity contribution in [2.45, 2.75) is 25.0 Å². The average Bonchev–Trinajstić information content (AvgIpc) is 2.67. The third-order valence-electron chi connectivity index (χ3n) is 3.64. The summed E-state index contributed by atoms with van der Waals surface area (Å²) in [4.78, 5) is 13.3. The normalized spacial score (nSPS) is 26.3. The summed E-state index contributed by atoms with van der Waals surface area (Å²) >= 11 is 0. The Balaban J connectivity index is 1.95. The fourth-order valence-electron chi connectivity index (χ4n) is 2.80. The molecule has 1 aromatic rings. The van der Waals surface area contributed by atoms with Crippen molar-refractivity contribution in [2.24, 2.45) is 0 Å². The molecule has 3 rings (SSSR count). The largest absolute Gasteiger partial charge is 0.478 e. The van der Waals surface area contributed by atoms with Gasteiger partial charge in [-0.3, -0.25) is 0 Å². The first-order chi connectivity index (χ1) is 8.63. The summed E-state index contributed by atoms with van der Waals surface area (Å²) in [5, 5.41) is 9.24. The minimum Gasteiger partial charge on any atom is -0.478 e. The van der Waals surface area contributed by atoms with Crippen LogP contribution < -0.4 is 10.6 Å². The number of nitrogens with zero attached hydrogens (tertiary/aromatic N) is 1. The van der Waals surface area contributed by atoms with Crippen LogP contribution in [0.25, 0.3) is 0 Å². The molecule has 5 heteroatoms. The van der Waals surface area contributed by atoms with Crippen LogP contribution in [-0.2, 0) is 4.74 Å². The smallest absolute Gasteiger partial charge is 0.337 e. The van der Waals surface area contributed by atoms with E-state index in [4.69, 9.17) is 10.5 Å². The number of aromatic carboxylic acids is 1. The van der Waals surface area contributed by atoms with Crippen LogP contribution in [0.1, 0.15) is 23.2 Å². The van der Waals surface area contributed by atoms with E-state index in [1.54, 1.807) is 18.2 Å². The molecular weight excluding hydrogens is 232 g/mol. The Kier molecular flexibility index (Phi) is 2.63. The van der Waals surface area contributed by atoms with Gasteiger partial charge in [0.05, 0.1) is 23.5 Å². The lowest BCUT2D eigenvalue weighted by molar-refractivity contribution is 0.0303. The lowest BCUT2D eigenvalue weighted by Crippen LogP contribution is -2.43. The Hall–Kier alpha value is -1.75. The molecule has 96 valence electrons. The highest BCUT2D eigenvalue weighted by atomic mass is 16.5. The zero-order chi connectivity index (χ0) is 12.7. The minimum absolute atomic E-state index is 0.229. The molecule has 2 heterocycles. The maximum Gasteiger partial charge on any atom is 0.337 e. The Morgan fingerprint density at radius 3 is 2.61 bits per heavy atom. The lowest BCUT2D eigenvalue weighted by atomic mass is 10.1. The monoisotopic (exact) mass is 248 g/mol. The van der Waals surface area contributed by atoms with Gasteiger partial charge in [0.1, 0.15) is 0 Å². The predicted octanol–water partition coefficient (Wildman–Crippen LogP) is 1.33. The number of carboxylic acids is 1. The zero-order valence-electron chi connectivity index (χ0n) is 10.0. The van der Waals surface area contributed by atoms with E-state index in [-0.39, 0.29) is 12.2 Å². The van der Waals surface area contributed by atoms with Crippen LogP contribution in [0.5, 0.6) is 0 Å². The second-order valence-electron chi connectivity index (χ2n) is 4.94. The molecule has 5 nitrogen and oxygen atoms in total. The van der Waals surface area contributed by atoms with Crippen LogP contribution >= 0.6 is 0 Å².